The molecule has 4 rings (SSSR count). The second-order valence-corrected chi connectivity index (χ2v) is 10.9. The molecule has 1 saturated heterocycles. The number of aliphatic hydroxyl groups is 2. The summed E-state index contributed by atoms with van der Waals surface area (Å²) in [7, 11) is 1.56. The minimum atomic E-state index is -0.909. The van der Waals surface area contributed by atoms with Gasteiger partial charge < -0.3 is 34.2 Å². The Labute approximate surface area is 245 Å². The first-order valence-corrected chi connectivity index (χ1v) is 13.2. The molecule has 0 bridgehead atoms. The summed E-state index contributed by atoms with van der Waals surface area (Å²) in [6.07, 6.45) is -1.82. The molecule has 2 aliphatic rings. The van der Waals surface area contributed by atoms with E-state index in [9.17, 15) is 15.0 Å². The average molecular weight is 625 g/mol. The van der Waals surface area contributed by atoms with Crippen LogP contribution in [0, 0.1) is 11.2 Å². The number of β-amino-alcohol motifs (C(OH)–C–C–N with tert-alkyl or cyclic N) is 2. The average Bonchev–Trinajstić information content (AvgIpc) is 3.37. The zero-order valence-electron chi connectivity index (χ0n) is 23.8. The fourth-order valence-corrected chi connectivity index (χ4v) is 5.17. The summed E-state index contributed by atoms with van der Waals surface area (Å²) >= 11 is 0. The Kier molecular flexibility index (Phi) is 9.74. The Morgan fingerprint density at radius 3 is 2.25 bits per heavy atom. The number of nitrogens with zero attached hydrogens (tertiary/aromatic N) is 2. The third-order valence-electron chi connectivity index (χ3n) is 7.11. The molecule has 0 aliphatic carbocycles. The number of aliphatic hydroxyl groups excluding tert-OH is 2. The Balaban J connectivity index is 0.00000441. The number of benzene rings is 2. The van der Waals surface area contributed by atoms with E-state index in [1.165, 1.54) is 4.90 Å². The van der Waals surface area contributed by atoms with E-state index >= 15 is 4.39 Å². The predicted octanol–water partition coefficient (Wildman–Crippen LogP) is 4.07. The van der Waals surface area contributed by atoms with Gasteiger partial charge in [0.25, 0.3) is 0 Å². The number of ketones is 1. The van der Waals surface area contributed by atoms with Crippen molar-refractivity contribution in [1.82, 2.24) is 4.90 Å². The molecular weight excluding hydrogens is 585 g/mol. The summed E-state index contributed by atoms with van der Waals surface area (Å²) in [5.41, 5.74) is 2.11. The van der Waals surface area contributed by atoms with Gasteiger partial charge in [0, 0.05) is 30.8 Å². The van der Waals surface area contributed by atoms with Crippen LogP contribution in [0.15, 0.2) is 18.2 Å². The van der Waals surface area contributed by atoms with E-state index in [1.54, 1.807) is 39.2 Å². The van der Waals surface area contributed by atoms with Crippen LogP contribution in [0.3, 0.4) is 0 Å². The van der Waals surface area contributed by atoms with Crippen LogP contribution >= 0.6 is 17.0 Å². The highest BCUT2D eigenvalue weighted by atomic mass is 79.9. The fraction of sp³-hybridized carbons (Fsp3) is 0.517. The number of halogens is 2. The normalized spacial score (nSPS) is 18.5. The SMILES string of the molecule is Br.CCOc1cc2c(c(F)c1OCC)C(=N)N(CC(=O)c1cc(N3CC(O)C(O)C3)c(OC)c(C(C)(C)C)c1)C2. The van der Waals surface area contributed by atoms with E-state index in [4.69, 9.17) is 19.6 Å². The van der Waals surface area contributed by atoms with Gasteiger partial charge in [-0.05, 0) is 43.0 Å². The molecule has 2 aliphatic heterocycles. The molecule has 0 spiro atoms. The number of hydrogen-bond acceptors (Lipinski definition) is 8. The highest BCUT2D eigenvalue weighted by Gasteiger charge is 2.36. The van der Waals surface area contributed by atoms with Crippen molar-refractivity contribution in [3.63, 3.8) is 0 Å². The molecule has 1 fully saturated rings. The summed E-state index contributed by atoms with van der Waals surface area (Å²) in [6, 6.07) is 5.18. The van der Waals surface area contributed by atoms with Gasteiger partial charge in [0.15, 0.2) is 23.1 Å². The Bertz CT molecular complexity index is 1270. The highest BCUT2D eigenvalue weighted by molar-refractivity contribution is 8.93. The maximum atomic E-state index is 15.5. The molecule has 11 heteroatoms. The van der Waals surface area contributed by atoms with Gasteiger partial charge >= 0.3 is 0 Å². The van der Waals surface area contributed by atoms with Gasteiger partial charge in [0.2, 0.25) is 0 Å². The van der Waals surface area contributed by atoms with Gasteiger partial charge in [-0.25, -0.2) is 4.39 Å². The molecular formula is C29H39BrFN3O6. The molecule has 40 heavy (non-hydrogen) atoms. The van der Waals surface area contributed by atoms with E-state index in [0.29, 0.717) is 29.2 Å². The van der Waals surface area contributed by atoms with Gasteiger partial charge in [0.1, 0.15) is 11.6 Å². The van der Waals surface area contributed by atoms with E-state index in [2.05, 4.69) is 0 Å². The number of methoxy groups -OCH3 is 1. The summed E-state index contributed by atoms with van der Waals surface area (Å²) in [4.78, 5) is 17.0. The summed E-state index contributed by atoms with van der Waals surface area (Å²) in [5.74, 6) is -0.170. The maximum Gasteiger partial charge on any atom is 0.197 e. The number of Topliss-reactive ketones (excluding diaryl/α,β-unsaturated/α-hetero) is 1. The van der Waals surface area contributed by atoms with Crippen LogP contribution in [0.2, 0.25) is 0 Å². The topological polar surface area (TPSA) is 116 Å². The monoisotopic (exact) mass is 623 g/mol. The zero-order chi connectivity index (χ0) is 28.6. The number of fused-ring (bicyclic) bond motifs is 1. The van der Waals surface area contributed by atoms with Crippen molar-refractivity contribution in [1.29, 1.82) is 5.41 Å². The van der Waals surface area contributed by atoms with Gasteiger partial charge in [-0.3, -0.25) is 10.2 Å². The summed E-state index contributed by atoms with van der Waals surface area (Å²) in [6.45, 7) is 10.6. The van der Waals surface area contributed by atoms with Gasteiger partial charge in [0.05, 0.1) is 50.3 Å². The van der Waals surface area contributed by atoms with Crippen molar-refractivity contribution in [3.05, 3.63) is 46.3 Å². The van der Waals surface area contributed by atoms with E-state index in [1.807, 2.05) is 25.7 Å². The Hall–Kier alpha value is -2.89. The van der Waals surface area contributed by atoms with Crippen molar-refractivity contribution in [3.8, 4) is 17.2 Å². The van der Waals surface area contributed by atoms with Crippen molar-refractivity contribution in [2.45, 2.75) is 58.8 Å². The first-order chi connectivity index (χ1) is 18.4. The lowest BCUT2D eigenvalue weighted by Gasteiger charge is -2.29. The van der Waals surface area contributed by atoms with Crippen molar-refractivity contribution in [2.75, 3.05) is 44.9 Å². The van der Waals surface area contributed by atoms with Crippen molar-refractivity contribution < 1.29 is 33.6 Å². The van der Waals surface area contributed by atoms with Crippen LogP contribution in [0.1, 0.15) is 61.7 Å². The quantitative estimate of drug-likeness (QED) is 0.358. The molecule has 220 valence electrons. The van der Waals surface area contributed by atoms with Crippen molar-refractivity contribution in [2.24, 2.45) is 0 Å². The maximum absolute atomic E-state index is 15.5. The number of anilines is 1. The molecule has 2 heterocycles. The molecule has 2 aromatic carbocycles. The largest absolute Gasteiger partial charge is 0.494 e. The molecule has 2 atom stereocenters. The van der Waals surface area contributed by atoms with Crippen LogP contribution in [0.5, 0.6) is 17.2 Å². The lowest BCUT2D eigenvalue weighted by atomic mass is 9.84. The number of hydrogen-bond donors (Lipinski definition) is 3. The van der Waals surface area contributed by atoms with Crippen LogP contribution in [0.25, 0.3) is 0 Å². The number of amidine groups is 1. The Morgan fingerprint density at radius 1 is 1.07 bits per heavy atom. The number of carbonyl (C=O) groups is 1. The third-order valence-corrected chi connectivity index (χ3v) is 7.11. The van der Waals surface area contributed by atoms with Crippen LogP contribution < -0.4 is 19.1 Å². The Morgan fingerprint density at radius 2 is 1.70 bits per heavy atom. The zero-order valence-corrected chi connectivity index (χ0v) is 25.6. The van der Waals surface area contributed by atoms with E-state index in [0.717, 1.165) is 5.56 Å². The first-order valence-electron chi connectivity index (χ1n) is 13.2. The number of nitrogens with one attached hydrogen (secondary N) is 1. The third kappa shape index (κ3) is 5.91. The summed E-state index contributed by atoms with van der Waals surface area (Å²) < 4.78 is 32.3. The first kappa shape index (κ1) is 31.6. The minimum Gasteiger partial charge on any atom is -0.494 e. The standard InChI is InChI=1S/C29H38FN3O6.BrH/c1-7-38-23-11-17-12-33(28(31)24(17)25(30)27(23)39-8-2)13-20(34)16-9-18(29(3,4)5)26(37-6)19(10-16)32-14-21(35)22(36)15-32;/h9-11,21-22,31,35-36H,7-8,12-15H2,1-6H3;1H. The lowest BCUT2D eigenvalue weighted by molar-refractivity contribution is 0.0572. The molecule has 9 nitrogen and oxygen atoms in total. The van der Waals surface area contributed by atoms with Crippen LogP contribution in [-0.4, -0.2) is 78.9 Å². The van der Waals surface area contributed by atoms with Crippen LogP contribution in [0.4, 0.5) is 10.1 Å². The highest BCUT2D eigenvalue weighted by Crippen LogP contribution is 2.42. The van der Waals surface area contributed by atoms with Crippen LogP contribution in [-0.2, 0) is 12.0 Å². The molecule has 0 radical (unpaired) electrons. The molecule has 3 N–H and O–H groups in total. The minimum absolute atomic E-state index is 0. The molecule has 0 aromatic heterocycles. The van der Waals surface area contributed by atoms with Gasteiger partial charge in [-0.1, -0.05) is 20.8 Å². The molecule has 0 saturated carbocycles. The van der Waals surface area contributed by atoms with E-state index < -0.39 is 18.0 Å². The van der Waals surface area contributed by atoms with E-state index in [-0.39, 0.29) is 83.9 Å². The lowest BCUT2D eigenvalue weighted by Crippen LogP contribution is -2.31. The van der Waals surface area contributed by atoms with Crippen molar-refractivity contribution >= 4 is 34.3 Å². The number of rotatable bonds is 9. The second kappa shape index (κ2) is 12.3. The molecule has 2 unspecified atom stereocenters. The smallest absolute Gasteiger partial charge is 0.197 e. The number of ether oxygens (including phenoxy) is 3. The van der Waals surface area contributed by atoms with Gasteiger partial charge in [-0.15, -0.1) is 17.0 Å². The predicted molar refractivity (Wildman–Crippen MR) is 157 cm³/mol. The number of carbonyl (C=O) groups excluding carboxylic acids is 1. The fourth-order valence-electron chi connectivity index (χ4n) is 5.17. The molecule has 0 amide bonds. The van der Waals surface area contributed by atoms with Gasteiger partial charge in [-0.2, -0.15) is 0 Å². The molecule has 2 aromatic rings. The summed E-state index contributed by atoms with van der Waals surface area (Å²) in [5, 5.41) is 29.0. The second-order valence-electron chi connectivity index (χ2n) is 10.9.